The zero-order valence-electron chi connectivity index (χ0n) is 19.8. The topological polar surface area (TPSA) is 48.3 Å². The van der Waals surface area contributed by atoms with E-state index < -0.39 is 0 Å². The van der Waals surface area contributed by atoms with Crippen LogP contribution in [0.3, 0.4) is 0 Å². The fraction of sp³-hybridized carbons (Fsp3) is 0.552. The summed E-state index contributed by atoms with van der Waals surface area (Å²) >= 11 is 0. The molecule has 174 valence electrons. The van der Waals surface area contributed by atoms with Gasteiger partial charge >= 0.3 is 0 Å². The zero-order chi connectivity index (χ0) is 22.5. The zero-order valence-corrected chi connectivity index (χ0v) is 19.8. The molecule has 1 atom stereocenters. The second-order valence-electron chi connectivity index (χ2n) is 10.1. The summed E-state index contributed by atoms with van der Waals surface area (Å²) in [5.41, 5.74) is 4.08. The molecular weight excluding hydrogens is 406 g/mol. The SMILES string of the molecule is N#Cc1ccc(OCCCN2CCC(C3(C4CCCC4)NCCc4ccccc43)CC2)cc1. The van der Waals surface area contributed by atoms with Gasteiger partial charge in [0.05, 0.1) is 18.2 Å². The Hall–Kier alpha value is -2.35. The molecule has 2 aromatic carbocycles. The van der Waals surface area contributed by atoms with E-state index in [2.05, 4.69) is 40.6 Å². The van der Waals surface area contributed by atoms with Crippen molar-refractivity contribution in [1.82, 2.24) is 10.2 Å². The molecule has 1 aliphatic carbocycles. The van der Waals surface area contributed by atoms with Crippen LogP contribution >= 0.6 is 0 Å². The highest BCUT2D eigenvalue weighted by Gasteiger charge is 2.49. The lowest BCUT2D eigenvalue weighted by atomic mass is 9.63. The molecule has 4 heteroatoms. The summed E-state index contributed by atoms with van der Waals surface area (Å²) in [6.45, 7) is 5.34. The van der Waals surface area contributed by atoms with Crippen LogP contribution in [0.5, 0.6) is 5.75 Å². The molecule has 4 nitrogen and oxygen atoms in total. The summed E-state index contributed by atoms with van der Waals surface area (Å²) in [4.78, 5) is 2.63. The van der Waals surface area contributed by atoms with Gasteiger partial charge in [0.1, 0.15) is 5.75 Å². The van der Waals surface area contributed by atoms with Crippen LogP contribution in [0.15, 0.2) is 48.5 Å². The number of hydrogen-bond acceptors (Lipinski definition) is 4. The average molecular weight is 444 g/mol. The van der Waals surface area contributed by atoms with Crippen molar-refractivity contribution in [2.75, 3.05) is 32.8 Å². The first-order valence-electron chi connectivity index (χ1n) is 13.0. The number of nitrogens with zero attached hydrogens (tertiary/aromatic N) is 2. The number of nitriles is 1. The molecule has 0 aromatic heterocycles. The molecule has 3 aliphatic rings. The molecule has 1 saturated carbocycles. The van der Waals surface area contributed by atoms with Gasteiger partial charge in [-0.15, -0.1) is 0 Å². The number of ether oxygens (including phenoxy) is 1. The lowest BCUT2D eigenvalue weighted by Gasteiger charge is -2.52. The molecule has 0 radical (unpaired) electrons. The minimum atomic E-state index is 0.191. The number of rotatable bonds is 7. The van der Waals surface area contributed by atoms with Crippen LogP contribution in [0.1, 0.15) is 61.6 Å². The Morgan fingerprint density at radius 2 is 1.70 bits per heavy atom. The summed E-state index contributed by atoms with van der Waals surface area (Å²) in [6, 6.07) is 18.9. The molecule has 2 aromatic rings. The van der Waals surface area contributed by atoms with E-state index in [1.165, 1.54) is 58.0 Å². The Bertz CT molecular complexity index is 952. The fourth-order valence-corrected chi connectivity index (χ4v) is 6.80. The van der Waals surface area contributed by atoms with Gasteiger partial charge in [0.15, 0.2) is 0 Å². The predicted molar refractivity (Wildman–Crippen MR) is 132 cm³/mol. The Kier molecular flexibility index (Phi) is 6.99. The maximum atomic E-state index is 8.91. The normalized spacial score (nSPS) is 24.3. The van der Waals surface area contributed by atoms with Gasteiger partial charge in [-0.05, 0) is 98.8 Å². The molecule has 2 aliphatic heterocycles. The van der Waals surface area contributed by atoms with Crippen molar-refractivity contribution in [2.24, 2.45) is 11.8 Å². The largest absolute Gasteiger partial charge is 0.494 e. The van der Waals surface area contributed by atoms with Crippen LogP contribution in [0.2, 0.25) is 0 Å². The maximum Gasteiger partial charge on any atom is 0.119 e. The van der Waals surface area contributed by atoms with E-state index in [0.717, 1.165) is 43.7 Å². The lowest BCUT2D eigenvalue weighted by Crippen LogP contribution is -2.58. The molecule has 2 heterocycles. The third kappa shape index (κ3) is 4.67. The van der Waals surface area contributed by atoms with E-state index >= 15 is 0 Å². The first kappa shape index (κ1) is 22.4. The van der Waals surface area contributed by atoms with E-state index in [1.807, 2.05) is 24.3 Å². The summed E-state index contributed by atoms with van der Waals surface area (Å²) < 4.78 is 5.89. The van der Waals surface area contributed by atoms with Gasteiger partial charge in [0.2, 0.25) is 0 Å². The lowest BCUT2D eigenvalue weighted by molar-refractivity contribution is 0.0543. The van der Waals surface area contributed by atoms with Gasteiger partial charge in [-0.25, -0.2) is 0 Å². The van der Waals surface area contributed by atoms with E-state index in [4.69, 9.17) is 10.00 Å². The van der Waals surface area contributed by atoms with E-state index in [1.54, 1.807) is 11.1 Å². The van der Waals surface area contributed by atoms with E-state index in [9.17, 15) is 0 Å². The smallest absolute Gasteiger partial charge is 0.119 e. The standard InChI is InChI=1S/C29H37N3O/c30-22-23-10-12-27(13-11-23)33-21-5-18-32-19-15-26(16-20-32)29(25-7-2-3-8-25)28-9-4-1-6-24(28)14-17-31-29/h1,4,6,9-13,25-26,31H,2-3,5,7-8,14-21H2. The van der Waals surface area contributed by atoms with Crippen molar-refractivity contribution in [2.45, 2.75) is 56.9 Å². The van der Waals surface area contributed by atoms with Crippen molar-refractivity contribution in [3.05, 3.63) is 65.2 Å². The van der Waals surface area contributed by atoms with Crippen molar-refractivity contribution in [1.29, 1.82) is 5.26 Å². The van der Waals surface area contributed by atoms with Crippen LogP contribution < -0.4 is 10.1 Å². The monoisotopic (exact) mass is 443 g/mol. The first-order chi connectivity index (χ1) is 16.3. The minimum Gasteiger partial charge on any atom is -0.494 e. The molecule has 0 amide bonds. The van der Waals surface area contributed by atoms with Crippen molar-refractivity contribution in [3.63, 3.8) is 0 Å². The fourth-order valence-electron chi connectivity index (χ4n) is 6.80. The van der Waals surface area contributed by atoms with Gasteiger partial charge in [0, 0.05) is 18.6 Å². The number of fused-ring (bicyclic) bond motifs is 1. The third-order valence-corrected chi connectivity index (χ3v) is 8.38. The molecule has 1 unspecified atom stereocenters. The average Bonchev–Trinajstić information content (AvgIpc) is 3.43. The second-order valence-corrected chi connectivity index (χ2v) is 10.1. The summed E-state index contributed by atoms with van der Waals surface area (Å²) in [6.07, 6.45) is 10.3. The van der Waals surface area contributed by atoms with Gasteiger partial charge < -0.3 is 15.0 Å². The quantitative estimate of drug-likeness (QED) is 0.592. The van der Waals surface area contributed by atoms with Crippen LogP contribution in [0.4, 0.5) is 0 Å². The summed E-state index contributed by atoms with van der Waals surface area (Å²) in [5.74, 6) is 2.37. The Balaban J connectivity index is 1.17. The van der Waals surface area contributed by atoms with Crippen LogP contribution in [0.25, 0.3) is 0 Å². The molecule has 1 saturated heterocycles. The first-order valence-corrected chi connectivity index (χ1v) is 13.0. The van der Waals surface area contributed by atoms with Gasteiger partial charge in [-0.1, -0.05) is 37.1 Å². The van der Waals surface area contributed by atoms with Crippen LogP contribution in [0, 0.1) is 23.2 Å². The van der Waals surface area contributed by atoms with Crippen molar-refractivity contribution in [3.8, 4) is 11.8 Å². The van der Waals surface area contributed by atoms with Gasteiger partial charge in [-0.3, -0.25) is 0 Å². The number of hydrogen-bond donors (Lipinski definition) is 1. The second kappa shape index (κ2) is 10.3. The molecule has 5 rings (SSSR count). The number of nitrogens with one attached hydrogen (secondary N) is 1. The molecular formula is C29H37N3O. The third-order valence-electron chi connectivity index (χ3n) is 8.38. The van der Waals surface area contributed by atoms with E-state index in [-0.39, 0.29) is 5.54 Å². The number of likely N-dealkylation sites (tertiary alicyclic amines) is 1. The Morgan fingerprint density at radius 3 is 2.45 bits per heavy atom. The highest BCUT2D eigenvalue weighted by atomic mass is 16.5. The highest BCUT2D eigenvalue weighted by Crippen LogP contribution is 2.50. The van der Waals surface area contributed by atoms with Crippen LogP contribution in [-0.4, -0.2) is 37.7 Å². The summed E-state index contributed by atoms with van der Waals surface area (Å²) in [5, 5.41) is 13.0. The Morgan fingerprint density at radius 1 is 0.970 bits per heavy atom. The highest BCUT2D eigenvalue weighted by molar-refractivity contribution is 5.38. The van der Waals surface area contributed by atoms with Crippen molar-refractivity contribution >= 4 is 0 Å². The molecule has 1 N–H and O–H groups in total. The minimum absolute atomic E-state index is 0.191. The van der Waals surface area contributed by atoms with Gasteiger partial charge in [-0.2, -0.15) is 5.26 Å². The van der Waals surface area contributed by atoms with Crippen molar-refractivity contribution < 1.29 is 4.74 Å². The molecule has 0 bridgehead atoms. The molecule has 0 spiro atoms. The summed E-state index contributed by atoms with van der Waals surface area (Å²) in [7, 11) is 0. The number of piperidine rings is 1. The Labute approximate surface area is 198 Å². The molecule has 33 heavy (non-hydrogen) atoms. The maximum absolute atomic E-state index is 8.91. The van der Waals surface area contributed by atoms with Gasteiger partial charge in [0.25, 0.3) is 0 Å². The van der Waals surface area contributed by atoms with E-state index in [0.29, 0.717) is 5.56 Å². The molecule has 2 fully saturated rings. The van der Waals surface area contributed by atoms with Crippen LogP contribution in [-0.2, 0) is 12.0 Å². The predicted octanol–water partition coefficient (Wildman–Crippen LogP) is 5.27. The number of benzene rings is 2.